The molecular weight excluding hydrogens is 212 g/mol. The Morgan fingerprint density at radius 1 is 1.35 bits per heavy atom. The van der Waals surface area contributed by atoms with Crippen LogP contribution in [0.15, 0.2) is 18.3 Å². The number of nitrogens with zero attached hydrogens (tertiary/aromatic N) is 3. The predicted molar refractivity (Wildman–Crippen MR) is 69.6 cm³/mol. The van der Waals surface area contributed by atoms with E-state index in [0.717, 1.165) is 34.9 Å². The minimum absolute atomic E-state index is 0.945. The van der Waals surface area contributed by atoms with Crippen molar-refractivity contribution in [2.24, 2.45) is 7.05 Å². The van der Waals surface area contributed by atoms with Crippen molar-refractivity contribution >= 4 is 11.4 Å². The first-order valence-electron chi connectivity index (χ1n) is 5.84. The summed E-state index contributed by atoms with van der Waals surface area (Å²) in [5, 5.41) is 7.80. The first kappa shape index (κ1) is 11.6. The molecule has 0 aromatic carbocycles. The first-order valence-corrected chi connectivity index (χ1v) is 5.84. The summed E-state index contributed by atoms with van der Waals surface area (Å²) in [6, 6.07) is 4.05. The van der Waals surface area contributed by atoms with Gasteiger partial charge in [-0.25, -0.2) is 0 Å². The minimum atomic E-state index is 0.945. The summed E-state index contributed by atoms with van der Waals surface area (Å²) < 4.78 is 1.89. The lowest BCUT2D eigenvalue weighted by atomic mass is 10.2. The van der Waals surface area contributed by atoms with Gasteiger partial charge in [-0.05, 0) is 32.4 Å². The van der Waals surface area contributed by atoms with Crippen molar-refractivity contribution in [3.05, 3.63) is 35.4 Å². The van der Waals surface area contributed by atoms with Crippen LogP contribution in [0.3, 0.4) is 0 Å². The van der Waals surface area contributed by atoms with E-state index in [2.05, 4.69) is 35.3 Å². The van der Waals surface area contributed by atoms with Gasteiger partial charge in [0.2, 0.25) is 0 Å². The zero-order chi connectivity index (χ0) is 12.4. The Bertz CT molecular complexity index is 528. The SMILES string of the molecule is CCc1cc(Nc2c(C)nn(C)c2C)ccn1. The van der Waals surface area contributed by atoms with E-state index in [1.54, 1.807) is 0 Å². The van der Waals surface area contributed by atoms with Crippen LogP contribution in [0.2, 0.25) is 0 Å². The molecule has 0 saturated heterocycles. The van der Waals surface area contributed by atoms with Gasteiger partial charge in [0.25, 0.3) is 0 Å². The van der Waals surface area contributed by atoms with Crippen LogP contribution in [0.1, 0.15) is 24.0 Å². The van der Waals surface area contributed by atoms with E-state index in [4.69, 9.17) is 0 Å². The molecule has 0 aliphatic carbocycles. The number of hydrogen-bond donors (Lipinski definition) is 1. The number of aryl methyl sites for hydroxylation is 3. The molecule has 4 nitrogen and oxygen atoms in total. The molecule has 0 unspecified atom stereocenters. The topological polar surface area (TPSA) is 42.7 Å². The van der Waals surface area contributed by atoms with Crippen molar-refractivity contribution in [2.45, 2.75) is 27.2 Å². The quantitative estimate of drug-likeness (QED) is 0.881. The van der Waals surface area contributed by atoms with E-state index in [-0.39, 0.29) is 0 Å². The maximum Gasteiger partial charge on any atom is 0.0831 e. The van der Waals surface area contributed by atoms with Gasteiger partial charge >= 0.3 is 0 Å². The molecule has 0 atom stereocenters. The van der Waals surface area contributed by atoms with Crippen molar-refractivity contribution < 1.29 is 0 Å². The lowest BCUT2D eigenvalue weighted by Crippen LogP contribution is -1.97. The molecule has 2 rings (SSSR count). The van der Waals surface area contributed by atoms with Crippen molar-refractivity contribution in [1.82, 2.24) is 14.8 Å². The second kappa shape index (κ2) is 4.57. The molecule has 0 amide bonds. The van der Waals surface area contributed by atoms with Crippen LogP contribution in [0, 0.1) is 13.8 Å². The third-order valence-electron chi connectivity index (χ3n) is 2.96. The molecule has 2 heterocycles. The summed E-state index contributed by atoms with van der Waals surface area (Å²) in [5.74, 6) is 0. The Hall–Kier alpha value is -1.84. The van der Waals surface area contributed by atoms with E-state index in [0.29, 0.717) is 0 Å². The largest absolute Gasteiger partial charge is 0.352 e. The van der Waals surface area contributed by atoms with Crippen LogP contribution in [0.25, 0.3) is 0 Å². The molecule has 0 bridgehead atoms. The minimum Gasteiger partial charge on any atom is -0.352 e. The standard InChI is InChI=1S/C13H18N4/c1-5-11-8-12(6-7-14-11)15-13-9(2)16-17(4)10(13)3/h6-8H,5H2,1-4H3,(H,14,15). The lowest BCUT2D eigenvalue weighted by molar-refractivity contribution is 0.731. The second-order valence-electron chi connectivity index (χ2n) is 4.18. The molecule has 0 fully saturated rings. The molecule has 1 N–H and O–H groups in total. The van der Waals surface area contributed by atoms with Crippen LogP contribution in [0.5, 0.6) is 0 Å². The van der Waals surface area contributed by atoms with Crippen molar-refractivity contribution in [3.63, 3.8) is 0 Å². The van der Waals surface area contributed by atoms with E-state index in [9.17, 15) is 0 Å². The Morgan fingerprint density at radius 2 is 2.12 bits per heavy atom. The van der Waals surface area contributed by atoms with E-state index in [1.807, 2.05) is 30.9 Å². The molecule has 0 radical (unpaired) electrons. The summed E-state index contributed by atoms with van der Waals surface area (Å²) in [6.07, 6.45) is 2.78. The molecule has 90 valence electrons. The van der Waals surface area contributed by atoms with Gasteiger partial charge < -0.3 is 5.32 Å². The number of nitrogens with one attached hydrogen (secondary N) is 1. The van der Waals surface area contributed by atoms with Crippen LogP contribution in [-0.4, -0.2) is 14.8 Å². The summed E-state index contributed by atoms with van der Waals surface area (Å²) in [6.45, 7) is 6.17. The van der Waals surface area contributed by atoms with Crippen molar-refractivity contribution in [3.8, 4) is 0 Å². The molecule has 0 aliphatic heterocycles. The van der Waals surface area contributed by atoms with Crippen LogP contribution in [-0.2, 0) is 13.5 Å². The monoisotopic (exact) mass is 230 g/mol. The van der Waals surface area contributed by atoms with Crippen LogP contribution < -0.4 is 5.32 Å². The molecular formula is C13H18N4. The fourth-order valence-corrected chi connectivity index (χ4v) is 1.85. The predicted octanol–water partition coefficient (Wildman–Crippen LogP) is 2.74. The summed E-state index contributed by atoms with van der Waals surface area (Å²) in [4.78, 5) is 4.29. The highest BCUT2D eigenvalue weighted by atomic mass is 15.3. The fourth-order valence-electron chi connectivity index (χ4n) is 1.85. The highest BCUT2D eigenvalue weighted by Gasteiger charge is 2.09. The zero-order valence-corrected chi connectivity index (χ0v) is 10.8. The van der Waals surface area contributed by atoms with Gasteiger partial charge in [0.15, 0.2) is 0 Å². The van der Waals surface area contributed by atoms with Crippen LogP contribution >= 0.6 is 0 Å². The Balaban J connectivity index is 2.31. The molecule has 0 aliphatic rings. The fraction of sp³-hybridized carbons (Fsp3) is 0.385. The normalized spacial score (nSPS) is 10.6. The summed E-state index contributed by atoms with van der Waals surface area (Å²) in [5.41, 5.74) is 5.39. The maximum absolute atomic E-state index is 4.39. The van der Waals surface area contributed by atoms with E-state index >= 15 is 0 Å². The zero-order valence-electron chi connectivity index (χ0n) is 10.8. The highest BCUT2D eigenvalue weighted by Crippen LogP contribution is 2.23. The number of hydrogen-bond acceptors (Lipinski definition) is 3. The molecule has 0 spiro atoms. The molecule has 2 aromatic rings. The third kappa shape index (κ3) is 2.30. The average molecular weight is 230 g/mol. The van der Waals surface area contributed by atoms with Gasteiger partial charge in [0.05, 0.1) is 17.1 Å². The van der Waals surface area contributed by atoms with E-state index in [1.165, 1.54) is 0 Å². The number of pyridine rings is 1. The Labute approximate surface area is 102 Å². The van der Waals surface area contributed by atoms with Crippen molar-refractivity contribution in [2.75, 3.05) is 5.32 Å². The van der Waals surface area contributed by atoms with Gasteiger partial charge in [0, 0.05) is 24.6 Å². The number of rotatable bonds is 3. The van der Waals surface area contributed by atoms with Gasteiger partial charge in [-0.1, -0.05) is 6.92 Å². The molecule has 17 heavy (non-hydrogen) atoms. The average Bonchev–Trinajstić information content (AvgIpc) is 2.56. The lowest BCUT2D eigenvalue weighted by Gasteiger charge is -2.07. The third-order valence-corrected chi connectivity index (χ3v) is 2.96. The number of aromatic nitrogens is 3. The van der Waals surface area contributed by atoms with E-state index < -0.39 is 0 Å². The second-order valence-corrected chi connectivity index (χ2v) is 4.18. The van der Waals surface area contributed by atoms with Gasteiger partial charge in [-0.15, -0.1) is 0 Å². The maximum atomic E-state index is 4.39. The van der Waals surface area contributed by atoms with Gasteiger partial charge in [-0.3, -0.25) is 9.67 Å². The highest BCUT2D eigenvalue weighted by molar-refractivity contribution is 5.64. The Kier molecular flexibility index (Phi) is 3.13. The van der Waals surface area contributed by atoms with Gasteiger partial charge in [0.1, 0.15) is 0 Å². The summed E-state index contributed by atoms with van der Waals surface area (Å²) in [7, 11) is 1.96. The Morgan fingerprint density at radius 3 is 2.71 bits per heavy atom. The first-order chi connectivity index (χ1) is 8.11. The van der Waals surface area contributed by atoms with Crippen molar-refractivity contribution in [1.29, 1.82) is 0 Å². The summed E-state index contributed by atoms with van der Waals surface area (Å²) >= 11 is 0. The smallest absolute Gasteiger partial charge is 0.0831 e. The van der Waals surface area contributed by atoms with Crippen LogP contribution in [0.4, 0.5) is 11.4 Å². The number of anilines is 2. The van der Waals surface area contributed by atoms with Gasteiger partial charge in [-0.2, -0.15) is 5.10 Å². The molecule has 2 aromatic heterocycles. The molecule has 0 saturated carbocycles. The molecule has 4 heteroatoms.